The first-order chi connectivity index (χ1) is 6.91. The average molecular weight is 254 g/mol. The first kappa shape index (κ1) is 15.3. The Morgan fingerprint density at radius 3 is 2.25 bits per heavy atom. The minimum Gasteiger partial charge on any atom is -0.324 e. The van der Waals surface area contributed by atoms with Crippen LogP contribution in [0.4, 0.5) is 13.2 Å². The largest absolute Gasteiger partial charge is 0.324 e. The van der Waals surface area contributed by atoms with Crippen LogP contribution >= 0.6 is 12.4 Å². The summed E-state index contributed by atoms with van der Waals surface area (Å²) in [5.74, 6) is -2.80. The molecule has 0 aliphatic carbocycles. The van der Waals surface area contributed by atoms with Crippen molar-refractivity contribution in [3.63, 3.8) is 0 Å². The summed E-state index contributed by atoms with van der Waals surface area (Å²) < 4.78 is 39.0. The lowest BCUT2D eigenvalue weighted by molar-refractivity contribution is 0.449. The molecule has 2 N–H and O–H groups in total. The van der Waals surface area contributed by atoms with Crippen molar-refractivity contribution in [2.45, 2.75) is 26.3 Å². The molecule has 1 atom stereocenters. The molecule has 1 nitrogen and oxygen atoms in total. The normalized spacial score (nSPS) is 12.4. The Balaban J connectivity index is 0.00000225. The van der Waals surface area contributed by atoms with Crippen LogP contribution in [0.1, 0.15) is 31.9 Å². The maximum atomic E-state index is 13.3. The highest BCUT2D eigenvalue weighted by molar-refractivity contribution is 5.85. The zero-order chi connectivity index (χ0) is 11.6. The van der Waals surface area contributed by atoms with Crippen molar-refractivity contribution in [1.82, 2.24) is 0 Å². The average Bonchev–Trinajstić information content (AvgIpc) is 2.09. The number of halogens is 4. The summed E-state index contributed by atoms with van der Waals surface area (Å²) in [5.41, 5.74) is 5.57. The summed E-state index contributed by atoms with van der Waals surface area (Å²) in [5, 5.41) is 0. The van der Waals surface area contributed by atoms with Gasteiger partial charge in [-0.15, -0.1) is 12.4 Å². The highest BCUT2D eigenvalue weighted by Gasteiger charge is 2.17. The Bertz CT molecular complexity index is 355. The number of hydrogen-bond acceptors (Lipinski definition) is 1. The Labute approximate surface area is 99.2 Å². The molecule has 0 fully saturated rings. The molecule has 0 saturated heterocycles. The van der Waals surface area contributed by atoms with Crippen molar-refractivity contribution < 1.29 is 13.2 Å². The Morgan fingerprint density at radius 2 is 1.75 bits per heavy atom. The van der Waals surface area contributed by atoms with Gasteiger partial charge < -0.3 is 5.73 Å². The maximum absolute atomic E-state index is 13.3. The smallest absolute Gasteiger partial charge is 0.163 e. The number of nitrogens with two attached hydrogens (primary N) is 1. The van der Waals surface area contributed by atoms with E-state index in [0.717, 1.165) is 6.07 Å². The summed E-state index contributed by atoms with van der Waals surface area (Å²) in [6.07, 6.45) is 0.486. The Kier molecular flexibility index (Phi) is 5.83. The standard InChI is InChI=1S/C11H14F3N.ClH/c1-6(2)3-10(15)8-4-7(12)5-9(13)11(8)14;/h4-6,10H,3,15H2,1-2H3;1H/t10-;/m0./s1. The molecule has 0 heterocycles. The fourth-order valence-electron chi connectivity index (χ4n) is 1.48. The van der Waals surface area contributed by atoms with Crippen molar-refractivity contribution in [1.29, 1.82) is 0 Å². The molecular weight excluding hydrogens is 239 g/mol. The third-order valence-electron chi connectivity index (χ3n) is 2.15. The summed E-state index contributed by atoms with van der Waals surface area (Å²) in [6, 6.07) is 0.794. The minimum atomic E-state index is -1.19. The monoisotopic (exact) mass is 253 g/mol. The van der Waals surface area contributed by atoms with Crippen molar-refractivity contribution in [3.05, 3.63) is 35.1 Å². The molecule has 0 radical (unpaired) electrons. The molecule has 0 bridgehead atoms. The van der Waals surface area contributed by atoms with E-state index in [1.165, 1.54) is 0 Å². The number of rotatable bonds is 3. The van der Waals surface area contributed by atoms with Gasteiger partial charge in [-0.25, -0.2) is 13.2 Å². The zero-order valence-corrected chi connectivity index (χ0v) is 9.95. The van der Waals surface area contributed by atoms with Gasteiger partial charge >= 0.3 is 0 Å². The third-order valence-corrected chi connectivity index (χ3v) is 2.15. The second-order valence-electron chi connectivity index (χ2n) is 4.03. The lowest BCUT2D eigenvalue weighted by atomic mass is 9.97. The molecule has 92 valence electrons. The zero-order valence-electron chi connectivity index (χ0n) is 9.14. The van der Waals surface area contributed by atoms with Crippen molar-refractivity contribution in [3.8, 4) is 0 Å². The van der Waals surface area contributed by atoms with Gasteiger partial charge in [-0.3, -0.25) is 0 Å². The van der Waals surface area contributed by atoms with Gasteiger partial charge in [0.05, 0.1) is 0 Å². The Hall–Kier alpha value is -0.740. The van der Waals surface area contributed by atoms with Crippen molar-refractivity contribution >= 4 is 12.4 Å². The molecule has 0 amide bonds. The van der Waals surface area contributed by atoms with Crippen LogP contribution in [0.5, 0.6) is 0 Å². The molecular formula is C11H15ClF3N. The van der Waals surface area contributed by atoms with Crippen LogP contribution in [0.25, 0.3) is 0 Å². The van der Waals surface area contributed by atoms with Gasteiger partial charge in [0.25, 0.3) is 0 Å². The van der Waals surface area contributed by atoms with E-state index in [4.69, 9.17) is 5.73 Å². The lowest BCUT2D eigenvalue weighted by Crippen LogP contribution is -2.15. The van der Waals surface area contributed by atoms with Crippen LogP contribution in [0, 0.1) is 23.4 Å². The SMILES string of the molecule is CC(C)C[C@H](N)c1cc(F)cc(F)c1F.Cl. The molecule has 1 aromatic rings. The molecule has 5 heteroatoms. The van der Waals surface area contributed by atoms with E-state index in [-0.39, 0.29) is 23.9 Å². The molecule has 0 saturated carbocycles. The van der Waals surface area contributed by atoms with Crippen LogP contribution in [0.2, 0.25) is 0 Å². The van der Waals surface area contributed by atoms with Gasteiger partial charge in [0.15, 0.2) is 11.6 Å². The number of benzene rings is 1. The predicted octanol–water partition coefficient (Wildman–Crippen LogP) is 3.57. The van der Waals surface area contributed by atoms with Crippen LogP contribution < -0.4 is 5.73 Å². The van der Waals surface area contributed by atoms with E-state index in [1.54, 1.807) is 0 Å². The molecule has 1 rings (SSSR count). The van der Waals surface area contributed by atoms with E-state index < -0.39 is 23.5 Å². The molecule has 0 aliphatic heterocycles. The molecule has 0 aromatic heterocycles. The van der Waals surface area contributed by atoms with Gasteiger partial charge in [-0.05, 0) is 18.4 Å². The van der Waals surface area contributed by atoms with Crippen LogP contribution in [0.15, 0.2) is 12.1 Å². The lowest BCUT2D eigenvalue weighted by Gasteiger charge is -2.15. The highest BCUT2D eigenvalue weighted by Crippen LogP contribution is 2.24. The Morgan fingerprint density at radius 1 is 1.19 bits per heavy atom. The van der Waals surface area contributed by atoms with E-state index in [0.29, 0.717) is 12.5 Å². The summed E-state index contributed by atoms with van der Waals surface area (Å²) in [4.78, 5) is 0. The highest BCUT2D eigenvalue weighted by atomic mass is 35.5. The van der Waals surface area contributed by atoms with E-state index >= 15 is 0 Å². The van der Waals surface area contributed by atoms with E-state index in [9.17, 15) is 13.2 Å². The first-order valence-electron chi connectivity index (χ1n) is 4.81. The molecule has 16 heavy (non-hydrogen) atoms. The van der Waals surface area contributed by atoms with Crippen molar-refractivity contribution in [2.24, 2.45) is 11.7 Å². The molecule has 0 aliphatic rings. The van der Waals surface area contributed by atoms with E-state index in [2.05, 4.69) is 0 Å². The minimum absolute atomic E-state index is 0. The third kappa shape index (κ3) is 3.68. The predicted molar refractivity (Wildman–Crippen MR) is 59.9 cm³/mol. The van der Waals surface area contributed by atoms with Gasteiger partial charge in [0.2, 0.25) is 0 Å². The second-order valence-corrected chi connectivity index (χ2v) is 4.03. The summed E-state index contributed by atoms with van der Waals surface area (Å²) in [7, 11) is 0. The summed E-state index contributed by atoms with van der Waals surface area (Å²) >= 11 is 0. The molecule has 0 unspecified atom stereocenters. The van der Waals surface area contributed by atoms with Crippen LogP contribution in [-0.2, 0) is 0 Å². The van der Waals surface area contributed by atoms with E-state index in [1.807, 2.05) is 13.8 Å². The van der Waals surface area contributed by atoms with Crippen LogP contribution in [-0.4, -0.2) is 0 Å². The second kappa shape index (κ2) is 6.11. The quantitative estimate of drug-likeness (QED) is 0.819. The fraction of sp³-hybridized carbons (Fsp3) is 0.455. The van der Waals surface area contributed by atoms with Gasteiger partial charge in [-0.1, -0.05) is 13.8 Å². The molecule has 1 aromatic carbocycles. The maximum Gasteiger partial charge on any atom is 0.163 e. The van der Waals surface area contributed by atoms with Gasteiger partial charge in [-0.2, -0.15) is 0 Å². The van der Waals surface area contributed by atoms with Crippen molar-refractivity contribution in [2.75, 3.05) is 0 Å². The first-order valence-corrected chi connectivity index (χ1v) is 4.81. The fourth-order valence-corrected chi connectivity index (χ4v) is 1.48. The van der Waals surface area contributed by atoms with Crippen LogP contribution in [0.3, 0.4) is 0 Å². The summed E-state index contributed by atoms with van der Waals surface area (Å²) in [6.45, 7) is 3.82. The molecule has 0 spiro atoms. The van der Waals surface area contributed by atoms with Gasteiger partial charge in [0, 0.05) is 17.7 Å². The number of hydrogen-bond donors (Lipinski definition) is 1. The topological polar surface area (TPSA) is 26.0 Å². The van der Waals surface area contributed by atoms with Gasteiger partial charge in [0.1, 0.15) is 5.82 Å².